The Morgan fingerprint density at radius 1 is 1.20 bits per heavy atom. The zero-order valence-corrected chi connectivity index (χ0v) is 18.7. The minimum absolute atomic E-state index is 0.0502. The van der Waals surface area contributed by atoms with Crippen LogP contribution < -0.4 is 16.4 Å². The number of anilines is 1. The first kappa shape index (κ1) is 24.8. The molecule has 188 valence electrons. The van der Waals surface area contributed by atoms with Crippen molar-refractivity contribution in [1.82, 2.24) is 9.88 Å². The number of aromatic nitrogens is 1. The van der Waals surface area contributed by atoms with Gasteiger partial charge < -0.3 is 20.9 Å². The Labute approximate surface area is 196 Å². The Hall–Kier alpha value is -3.28. The van der Waals surface area contributed by atoms with E-state index in [-0.39, 0.29) is 29.1 Å². The van der Waals surface area contributed by atoms with E-state index < -0.39 is 59.7 Å². The van der Waals surface area contributed by atoms with Gasteiger partial charge in [0.15, 0.2) is 0 Å². The largest absolute Gasteiger partial charge is 0.342 e. The number of ketones is 1. The van der Waals surface area contributed by atoms with Gasteiger partial charge in [0.25, 0.3) is 29.9 Å². The molecule has 0 spiro atoms. The van der Waals surface area contributed by atoms with Gasteiger partial charge in [-0.1, -0.05) is 0 Å². The Balaban J connectivity index is 1.61. The fourth-order valence-electron chi connectivity index (χ4n) is 4.92. The molecular formula is C23H23F5N4O3. The number of Topliss-reactive ketones (excluding diaryl/α,β-unsaturated/α-hetero) is 1. The highest BCUT2D eigenvalue weighted by molar-refractivity contribution is 6.43. The molecule has 2 aliphatic rings. The van der Waals surface area contributed by atoms with Crippen molar-refractivity contribution in [3.63, 3.8) is 0 Å². The molecule has 0 atom stereocenters. The van der Waals surface area contributed by atoms with E-state index in [1.807, 2.05) is 0 Å². The van der Waals surface area contributed by atoms with Gasteiger partial charge in [0.1, 0.15) is 5.82 Å². The van der Waals surface area contributed by atoms with E-state index in [4.69, 9.17) is 5.73 Å². The number of nitrogens with one attached hydrogen (secondary N) is 2. The zero-order valence-electron chi connectivity index (χ0n) is 18.7. The number of nitrogens with two attached hydrogens (primary N) is 1. The van der Waals surface area contributed by atoms with Gasteiger partial charge in [-0.2, -0.15) is 0 Å². The van der Waals surface area contributed by atoms with E-state index in [2.05, 4.69) is 10.6 Å². The maximum Gasteiger partial charge on any atom is 0.294 e. The lowest BCUT2D eigenvalue weighted by molar-refractivity contribution is -0.142. The van der Waals surface area contributed by atoms with Crippen molar-refractivity contribution in [1.29, 1.82) is 0 Å². The lowest BCUT2D eigenvalue weighted by atomic mass is 9.73. The Morgan fingerprint density at radius 2 is 1.89 bits per heavy atom. The molecular weight excluding hydrogens is 475 g/mol. The van der Waals surface area contributed by atoms with E-state index in [1.54, 1.807) is 0 Å². The number of nitrogens with zero attached hydrogens (tertiary/aromatic N) is 1. The average molecular weight is 498 g/mol. The molecule has 1 aromatic carbocycles. The summed E-state index contributed by atoms with van der Waals surface area (Å²) in [5, 5.41) is 4.78. The first-order chi connectivity index (χ1) is 16.4. The van der Waals surface area contributed by atoms with Crippen molar-refractivity contribution >= 4 is 23.3 Å². The van der Waals surface area contributed by atoms with E-state index >= 15 is 0 Å². The number of alkyl halides is 4. The fraction of sp³-hybridized carbons (Fsp3) is 0.435. The van der Waals surface area contributed by atoms with Crippen molar-refractivity contribution in [3.8, 4) is 0 Å². The molecule has 1 saturated carbocycles. The number of rotatable bonds is 7. The lowest BCUT2D eigenvalue weighted by Crippen LogP contribution is -2.66. The number of amides is 2. The van der Waals surface area contributed by atoms with Crippen LogP contribution in [0.25, 0.3) is 0 Å². The maximum atomic E-state index is 13.6. The van der Waals surface area contributed by atoms with Crippen LogP contribution in [0, 0.1) is 12.7 Å². The number of halogens is 5. The van der Waals surface area contributed by atoms with Gasteiger partial charge in [0.05, 0.1) is 22.4 Å². The molecule has 4 rings (SSSR count). The fourth-order valence-corrected chi connectivity index (χ4v) is 4.92. The molecule has 0 saturated heterocycles. The maximum absolute atomic E-state index is 13.6. The zero-order chi connectivity index (χ0) is 25.7. The van der Waals surface area contributed by atoms with Gasteiger partial charge >= 0.3 is 0 Å². The van der Waals surface area contributed by atoms with Crippen LogP contribution in [-0.4, -0.2) is 40.2 Å². The molecule has 0 bridgehead atoms. The monoisotopic (exact) mass is 498 g/mol. The van der Waals surface area contributed by atoms with Crippen LogP contribution in [0.4, 0.5) is 27.6 Å². The summed E-state index contributed by atoms with van der Waals surface area (Å²) in [5.74, 6) is -6.89. The van der Waals surface area contributed by atoms with Crippen molar-refractivity contribution in [2.24, 2.45) is 5.73 Å². The standard InChI is InChI=1S/C23H23F5N4O3/c1-11-16(20(34)30-12-4-5-14(24)13(7-12)19(25)26)15-3-2-6-32(15)17(11)18(33)21(35)31-22(10-29)8-23(27,28)9-22/h4-5,7,19H,2-3,6,8-10,29H2,1H3,(H,30,34)(H,31,35). The molecule has 1 aliphatic carbocycles. The predicted octanol–water partition coefficient (Wildman–Crippen LogP) is 3.50. The van der Waals surface area contributed by atoms with Gasteiger partial charge in [0, 0.05) is 37.3 Å². The van der Waals surface area contributed by atoms with Crippen molar-refractivity contribution in [3.05, 3.63) is 52.1 Å². The Morgan fingerprint density at radius 3 is 2.49 bits per heavy atom. The number of hydrogen-bond acceptors (Lipinski definition) is 4. The molecule has 1 aliphatic heterocycles. The summed E-state index contributed by atoms with van der Waals surface area (Å²) in [6.07, 6.45) is -3.42. The van der Waals surface area contributed by atoms with Crippen molar-refractivity contribution < 1.29 is 36.3 Å². The van der Waals surface area contributed by atoms with Gasteiger partial charge in [0.2, 0.25) is 0 Å². The minimum Gasteiger partial charge on any atom is -0.342 e. The molecule has 12 heteroatoms. The second-order valence-electron chi connectivity index (χ2n) is 9.02. The first-order valence-corrected chi connectivity index (χ1v) is 10.9. The highest BCUT2D eigenvalue weighted by Crippen LogP contribution is 2.45. The third kappa shape index (κ3) is 4.42. The van der Waals surface area contributed by atoms with Gasteiger partial charge in [-0.05, 0) is 43.5 Å². The second-order valence-corrected chi connectivity index (χ2v) is 9.02. The third-order valence-corrected chi connectivity index (χ3v) is 6.51. The van der Waals surface area contributed by atoms with Crippen LogP contribution in [0.5, 0.6) is 0 Å². The van der Waals surface area contributed by atoms with Crippen LogP contribution >= 0.6 is 0 Å². The SMILES string of the molecule is Cc1c(C(=O)Nc2ccc(F)c(C(F)F)c2)c2n(c1C(=O)C(=O)NC1(CN)CC(F)(F)C1)CCC2. The Kier molecular flexibility index (Phi) is 6.20. The molecule has 2 amide bonds. The van der Waals surface area contributed by atoms with Crippen LogP contribution in [0.1, 0.15) is 63.4 Å². The first-order valence-electron chi connectivity index (χ1n) is 10.9. The number of fused-ring (bicyclic) bond motifs is 1. The summed E-state index contributed by atoms with van der Waals surface area (Å²) in [4.78, 5) is 38.8. The van der Waals surface area contributed by atoms with Crippen molar-refractivity contribution in [2.45, 2.75) is 57.0 Å². The molecule has 1 aromatic heterocycles. The summed E-state index contributed by atoms with van der Waals surface area (Å²) in [7, 11) is 0. The lowest BCUT2D eigenvalue weighted by Gasteiger charge is -2.46. The summed E-state index contributed by atoms with van der Waals surface area (Å²) >= 11 is 0. The van der Waals surface area contributed by atoms with E-state index in [0.29, 0.717) is 25.1 Å². The van der Waals surface area contributed by atoms with E-state index in [9.17, 15) is 36.3 Å². The van der Waals surface area contributed by atoms with Gasteiger partial charge in [-0.15, -0.1) is 0 Å². The minimum atomic E-state index is -3.08. The molecule has 2 heterocycles. The normalized spacial score (nSPS) is 17.6. The van der Waals surface area contributed by atoms with E-state index in [0.717, 1.165) is 18.2 Å². The van der Waals surface area contributed by atoms with E-state index in [1.165, 1.54) is 11.5 Å². The third-order valence-electron chi connectivity index (χ3n) is 6.51. The summed E-state index contributed by atoms with van der Waals surface area (Å²) < 4.78 is 67.9. The molecule has 4 N–H and O–H groups in total. The van der Waals surface area contributed by atoms with Crippen LogP contribution in [0.2, 0.25) is 0 Å². The molecule has 2 aromatic rings. The van der Waals surface area contributed by atoms with Gasteiger partial charge in [-0.3, -0.25) is 14.4 Å². The quantitative estimate of drug-likeness (QED) is 0.309. The number of hydrogen-bond donors (Lipinski definition) is 3. The highest BCUT2D eigenvalue weighted by atomic mass is 19.3. The number of carbonyl (C=O) groups excluding carboxylic acids is 3. The molecule has 1 fully saturated rings. The van der Waals surface area contributed by atoms with Crippen LogP contribution in [-0.2, 0) is 17.8 Å². The van der Waals surface area contributed by atoms with Crippen LogP contribution in [0.15, 0.2) is 18.2 Å². The highest BCUT2D eigenvalue weighted by Gasteiger charge is 2.57. The summed E-state index contributed by atoms with van der Waals surface area (Å²) in [6.45, 7) is 1.55. The summed E-state index contributed by atoms with van der Waals surface area (Å²) in [6, 6.07) is 2.76. The molecule has 35 heavy (non-hydrogen) atoms. The topological polar surface area (TPSA) is 106 Å². The Bertz CT molecular complexity index is 1220. The molecule has 0 unspecified atom stereocenters. The van der Waals surface area contributed by atoms with Crippen molar-refractivity contribution in [2.75, 3.05) is 11.9 Å². The van der Waals surface area contributed by atoms with Crippen LogP contribution in [0.3, 0.4) is 0 Å². The number of benzene rings is 1. The molecule has 7 nitrogen and oxygen atoms in total. The predicted molar refractivity (Wildman–Crippen MR) is 115 cm³/mol. The number of carbonyl (C=O) groups is 3. The smallest absolute Gasteiger partial charge is 0.294 e. The molecule has 0 radical (unpaired) electrons. The average Bonchev–Trinajstić information content (AvgIpc) is 3.32. The second kappa shape index (κ2) is 8.74. The van der Waals surface area contributed by atoms with Gasteiger partial charge in [-0.25, -0.2) is 22.0 Å². The summed E-state index contributed by atoms with van der Waals surface area (Å²) in [5.41, 5.74) is 3.97.